The molecule has 31 heavy (non-hydrogen) atoms. The summed E-state index contributed by atoms with van der Waals surface area (Å²) in [5.41, 5.74) is 0.718. The Morgan fingerprint density at radius 1 is 1.10 bits per heavy atom. The molecule has 0 spiro atoms. The molecule has 3 rings (SSSR count). The molecule has 2 heterocycles. The SMILES string of the molecule is COc1cc(/C=C/C(=O)N2CCC(S(=O)(=O)c3nccn3C)CC2)cc(OC)c1OC. The number of piperidine rings is 1. The standard InChI is InChI=1S/C21H27N3O6S/c1-23-12-9-22-21(23)31(26,27)16-7-10-24(11-8-16)19(25)6-5-15-13-17(28-2)20(30-4)18(14-15)29-3/h5-6,9,12-14,16H,7-8,10-11H2,1-4H3/b6-5+. The number of carbonyl (C=O) groups is 1. The van der Waals surface area contributed by atoms with Crippen LogP contribution >= 0.6 is 0 Å². The highest BCUT2D eigenvalue weighted by Crippen LogP contribution is 2.38. The van der Waals surface area contributed by atoms with Gasteiger partial charge in [0.25, 0.3) is 0 Å². The molecule has 1 amide bonds. The monoisotopic (exact) mass is 449 g/mol. The van der Waals surface area contributed by atoms with Crippen LogP contribution in [0.2, 0.25) is 0 Å². The van der Waals surface area contributed by atoms with Crippen LogP contribution in [-0.4, -0.2) is 68.4 Å². The molecule has 0 bridgehead atoms. The molecule has 0 atom stereocenters. The van der Waals surface area contributed by atoms with Gasteiger partial charge in [-0.25, -0.2) is 13.4 Å². The van der Waals surface area contributed by atoms with Crippen molar-refractivity contribution in [3.8, 4) is 17.2 Å². The van der Waals surface area contributed by atoms with Gasteiger partial charge in [0.05, 0.1) is 26.6 Å². The van der Waals surface area contributed by atoms with Gasteiger partial charge in [-0.15, -0.1) is 0 Å². The van der Waals surface area contributed by atoms with Crippen LogP contribution < -0.4 is 14.2 Å². The van der Waals surface area contributed by atoms with Gasteiger partial charge in [-0.05, 0) is 36.6 Å². The van der Waals surface area contributed by atoms with Gasteiger partial charge in [-0.2, -0.15) is 0 Å². The number of methoxy groups -OCH3 is 3. The van der Waals surface area contributed by atoms with Crippen molar-refractivity contribution in [2.24, 2.45) is 7.05 Å². The van der Waals surface area contributed by atoms with E-state index in [1.807, 2.05) is 0 Å². The lowest BCUT2D eigenvalue weighted by atomic mass is 10.1. The number of nitrogens with zero attached hydrogens (tertiary/aromatic N) is 3. The first kappa shape index (κ1) is 22.7. The molecule has 1 fully saturated rings. The molecule has 9 nitrogen and oxygen atoms in total. The van der Waals surface area contributed by atoms with Crippen LogP contribution in [0.15, 0.2) is 35.8 Å². The minimum atomic E-state index is -3.52. The second-order valence-corrected chi connectivity index (χ2v) is 9.30. The number of aryl methyl sites for hydroxylation is 1. The zero-order valence-corrected chi connectivity index (χ0v) is 18.9. The van der Waals surface area contributed by atoms with Crippen molar-refractivity contribution in [2.45, 2.75) is 23.2 Å². The molecule has 1 aromatic heterocycles. The Morgan fingerprint density at radius 3 is 2.19 bits per heavy atom. The number of rotatable bonds is 7. The van der Waals surface area contributed by atoms with E-state index in [4.69, 9.17) is 14.2 Å². The summed E-state index contributed by atoms with van der Waals surface area (Å²) < 4.78 is 43.1. The van der Waals surface area contributed by atoms with Crippen molar-refractivity contribution in [1.29, 1.82) is 0 Å². The fraction of sp³-hybridized carbons (Fsp3) is 0.429. The molecule has 0 radical (unpaired) electrons. The summed E-state index contributed by atoms with van der Waals surface area (Å²) in [5, 5.41) is -0.476. The third kappa shape index (κ3) is 4.68. The smallest absolute Gasteiger partial charge is 0.246 e. The normalized spacial score (nSPS) is 15.3. The lowest BCUT2D eigenvalue weighted by Crippen LogP contribution is -2.42. The van der Waals surface area contributed by atoms with Crippen LogP contribution in [0.3, 0.4) is 0 Å². The first-order valence-electron chi connectivity index (χ1n) is 9.80. The second kappa shape index (κ2) is 9.42. The van der Waals surface area contributed by atoms with E-state index in [1.54, 1.807) is 36.4 Å². The molecule has 1 aliphatic heterocycles. The van der Waals surface area contributed by atoms with Gasteiger partial charge in [0.15, 0.2) is 11.5 Å². The zero-order chi connectivity index (χ0) is 22.6. The minimum Gasteiger partial charge on any atom is -0.493 e. The molecule has 1 saturated heterocycles. The maximum atomic E-state index is 12.8. The number of hydrogen-bond donors (Lipinski definition) is 0. The first-order valence-corrected chi connectivity index (χ1v) is 11.3. The van der Waals surface area contributed by atoms with Gasteiger partial charge >= 0.3 is 0 Å². The summed E-state index contributed by atoms with van der Waals surface area (Å²) in [6, 6.07) is 3.49. The Labute approximate surface area is 182 Å². The summed E-state index contributed by atoms with van der Waals surface area (Å²) in [5.74, 6) is 1.29. The van der Waals surface area contributed by atoms with E-state index in [1.165, 1.54) is 38.2 Å². The Hall–Kier alpha value is -3.01. The van der Waals surface area contributed by atoms with Crippen LogP contribution in [0.25, 0.3) is 6.08 Å². The number of ether oxygens (including phenoxy) is 3. The maximum absolute atomic E-state index is 12.8. The van der Waals surface area contributed by atoms with Crippen molar-refractivity contribution in [3.63, 3.8) is 0 Å². The number of imidazole rings is 1. The van der Waals surface area contributed by atoms with E-state index in [-0.39, 0.29) is 11.1 Å². The highest BCUT2D eigenvalue weighted by atomic mass is 32.2. The highest BCUT2D eigenvalue weighted by molar-refractivity contribution is 7.91. The van der Waals surface area contributed by atoms with Crippen molar-refractivity contribution in [3.05, 3.63) is 36.2 Å². The molecular formula is C21H27N3O6S. The molecule has 10 heteroatoms. The minimum absolute atomic E-state index is 0.0690. The fourth-order valence-electron chi connectivity index (χ4n) is 3.63. The molecule has 1 aliphatic rings. The lowest BCUT2D eigenvalue weighted by molar-refractivity contribution is -0.126. The fourth-order valence-corrected chi connectivity index (χ4v) is 5.43. The molecule has 0 N–H and O–H groups in total. The summed E-state index contributed by atoms with van der Waals surface area (Å²) in [6.07, 6.45) is 6.97. The van der Waals surface area contributed by atoms with E-state index in [0.29, 0.717) is 43.2 Å². The molecular weight excluding hydrogens is 422 g/mol. The van der Waals surface area contributed by atoms with Crippen molar-refractivity contribution < 1.29 is 27.4 Å². The van der Waals surface area contributed by atoms with E-state index in [9.17, 15) is 13.2 Å². The number of hydrogen-bond acceptors (Lipinski definition) is 7. The highest BCUT2D eigenvalue weighted by Gasteiger charge is 2.34. The Balaban J connectivity index is 1.67. The topological polar surface area (TPSA) is 100.0 Å². The van der Waals surface area contributed by atoms with Crippen LogP contribution in [0, 0.1) is 0 Å². The zero-order valence-electron chi connectivity index (χ0n) is 18.1. The molecule has 0 saturated carbocycles. The number of benzene rings is 1. The Bertz CT molecular complexity index is 1040. The predicted molar refractivity (Wildman–Crippen MR) is 115 cm³/mol. The Morgan fingerprint density at radius 2 is 1.71 bits per heavy atom. The number of sulfone groups is 1. The summed E-state index contributed by atoms with van der Waals surface area (Å²) >= 11 is 0. The van der Waals surface area contributed by atoms with Gasteiger partial charge in [0.2, 0.25) is 26.7 Å². The van der Waals surface area contributed by atoms with Crippen molar-refractivity contribution in [1.82, 2.24) is 14.5 Å². The number of amides is 1. The number of aromatic nitrogens is 2. The average molecular weight is 450 g/mol. The van der Waals surface area contributed by atoms with E-state index < -0.39 is 15.1 Å². The third-order valence-corrected chi connectivity index (χ3v) is 7.58. The van der Waals surface area contributed by atoms with Crippen molar-refractivity contribution in [2.75, 3.05) is 34.4 Å². The first-order chi connectivity index (χ1) is 14.8. The van der Waals surface area contributed by atoms with Gasteiger partial charge in [-0.3, -0.25) is 4.79 Å². The van der Waals surface area contributed by atoms with Gasteiger partial charge in [0.1, 0.15) is 0 Å². The number of carbonyl (C=O) groups excluding carboxylic acids is 1. The van der Waals surface area contributed by atoms with Crippen LogP contribution in [-0.2, 0) is 21.7 Å². The third-order valence-electron chi connectivity index (χ3n) is 5.33. The molecule has 168 valence electrons. The van der Waals surface area contributed by atoms with Gasteiger partial charge in [-0.1, -0.05) is 0 Å². The van der Waals surface area contributed by atoms with Crippen LogP contribution in [0.4, 0.5) is 0 Å². The van der Waals surface area contributed by atoms with Crippen LogP contribution in [0.5, 0.6) is 17.2 Å². The van der Waals surface area contributed by atoms with E-state index >= 15 is 0 Å². The summed E-state index contributed by atoms with van der Waals surface area (Å²) in [7, 11) is 2.72. The molecule has 0 aliphatic carbocycles. The maximum Gasteiger partial charge on any atom is 0.246 e. The molecule has 2 aromatic rings. The van der Waals surface area contributed by atoms with E-state index in [0.717, 1.165) is 5.56 Å². The molecule has 1 aromatic carbocycles. The summed E-state index contributed by atoms with van der Waals surface area (Å²) in [6.45, 7) is 0.736. The lowest BCUT2D eigenvalue weighted by Gasteiger charge is -2.30. The van der Waals surface area contributed by atoms with Gasteiger partial charge < -0.3 is 23.7 Å². The Kier molecular flexibility index (Phi) is 6.89. The summed E-state index contributed by atoms with van der Waals surface area (Å²) in [4.78, 5) is 18.3. The molecule has 0 unspecified atom stereocenters. The van der Waals surface area contributed by atoms with Crippen LogP contribution in [0.1, 0.15) is 18.4 Å². The second-order valence-electron chi connectivity index (χ2n) is 7.18. The number of likely N-dealkylation sites (tertiary alicyclic amines) is 1. The average Bonchev–Trinajstić information content (AvgIpc) is 3.23. The predicted octanol–water partition coefficient (Wildman–Crippen LogP) is 1.92. The van der Waals surface area contributed by atoms with Crippen molar-refractivity contribution >= 4 is 21.8 Å². The quantitative estimate of drug-likeness (QED) is 0.596. The van der Waals surface area contributed by atoms with E-state index in [2.05, 4.69) is 4.98 Å². The van der Waals surface area contributed by atoms with Gasteiger partial charge in [0, 0.05) is 38.6 Å². The largest absolute Gasteiger partial charge is 0.493 e.